The van der Waals surface area contributed by atoms with Crippen molar-refractivity contribution in [1.29, 1.82) is 0 Å². The van der Waals surface area contributed by atoms with Gasteiger partial charge in [0.2, 0.25) is 5.91 Å². The predicted octanol–water partition coefficient (Wildman–Crippen LogP) is 3.49. The first-order chi connectivity index (χ1) is 10.0. The fourth-order valence-corrected chi connectivity index (χ4v) is 3.71. The molecule has 2 N–H and O–H groups in total. The van der Waals surface area contributed by atoms with Crippen LogP contribution in [0.4, 0.5) is 0 Å². The van der Waals surface area contributed by atoms with Gasteiger partial charge in [-0.1, -0.05) is 30.7 Å². The number of carbonyl (C=O) groups is 1. The van der Waals surface area contributed by atoms with Crippen LogP contribution in [0.25, 0.3) is 0 Å². The second kappa shape index (κ2) is 7.52. The van der Waals surface area contributed by atoms with Gasteiger partial charge in [0, 0.05) is 4.90 Å². The standard InChI is InChI=1S/C16H22ClNO2S/c1-12-6-8-16(11-19,9-7-12)18-15(20)10-21-14-5-3-2-4-13(14)17/h2-5,12,19H,6-11H2,1H3,(H,18,20). The Kier molecular flexibility index (Phi) is 5.97. The van der Waals surface area contributed by atoms with Crippen LogP contribution >= 0.6 is 23.4 Å². The SMILES string of the molecule is CC1CCC(CO)(NC(=O)CSc2ccccc2Cl)CC1. The highest BCUT2D eigenvalue weighted by Crippen LogP contribution is 2.32. The molecule has 2 rings (SSSR count). The maximum atomic E-state index is 12.2. The van der Waals surface area contributed by atoms with Gasteiger partial charge >= 0.3 is 0 Å². The minimum atomic E-state index is -0.426. The van der Waals surface area contributed by atoms with Gasteiger partial charge in [-0.25, -0.2) is 0 Å². The average molecular weight is 328 g/mol. The van der Waals surface area contributed by atoms with Crippen molar-refractivity contribution >= 4 is 29.3 Å². The maximum Gasteiger partial charge on any atom is 0.230 e. The first-order valence-electron chi connectivity index (χ1n) is 7.34. The molecule has 5 heteroatoms. The molecule has 116 valence electrons. The average Bonchev–Trinajstić information content (AvgIpc) is 2.49. The Balaban J connectivity index is 1.87. The molecular weight excluding hydrogens is 306 g/mol. The van der Waals surface area contributed by atoms with Gasteiger partial charge in [0.25, 0.3) is 0 Å². The van der Waals surface area contributed by atoms with Crippen LogP contribution in [0.2, 0.25) is 5.02 Å². The van der Waals surface area contributed by atoms with E-state index in [4.69, 9.17) is 11.6 Å². The minimum Gasteiger partial charge on any atom is -0.394 e. The molecule has 1 aromatic carbocycles. The summed E-state index contributed by atoms with van der Waals surface area (Å²) in [6.45, 7) is 2.23. The molecule has 21 heavy (non-hydrogen) atoms. The number of benzene rings is 1. The van der Waals surface area contributed by atoms with E-state index in [1.165, 1.54) is 11.8 Å². The number of hydrogen-bond acceptors (Lipinski definition) is 3. The topological polar surface area (TPSA) is 49.3 Å². The fourth-order valence-electron chi connectivity index (χ4n) is 2.67. The Morgan fingerprint density at radius 2 is 2.10 bits per heavy atom. The van der Waals surface area contributed by atoms with E-state index < -0.39 is 5.54 Å². The quantitative estimate of drug-likeness (QED) is 0.814. The van der Waals surface area contributed by atoms with Gasteiger partial charge < -0.3 is 10.4 Å². The van der Waals surface area contributed by atoms with E-state index in [2.05, 4.69) is 12.2 Å². The Morgan fingerprint density at radius 3 is 2.71 bits per heavy atom. The van der Waals surface area contributed by atoms with Gasteiger partial charge in [-0.05, 0) is 43.7 Å². The number of thioether (sulfide) groups is 1. The van der Waals surface area contributed by atoms with Crippen LogP contribution in [0, 0.1) is 5.92 Å². The smallest absolute Gasteiger partial charge is 0.230 e. The first kappa shape index (κ1) is 16.7. The fraction of sp³-hybridized carbons (Fsp3) is 0.562. The van der Waals surface area contributed by atoms with Crippen LogP contribution < -0.4 is 5.32 Å². The highest BCUT2D eigenvalue weighted by atomic mass is 35.5. The molecule has 0 aromatic heterocycles. The predicted molar refractivity (Wildman–Crippen MR) is 87.8 cm³/mol. The van der Waals surface area contributed by atoms with Crippen molar-refractivity contribution in [3.05, 3.63) is 29.3 Å². The molecule has 0 spiro atoms. The van der Waals surface area contributed by atoms with E-state index in [0.717, 1.165) is 30.6 Å². The number of hydrogen-bond donors (Lipinski definition) is 2. The van der Waals surface area contributed by atoms with E-state index in [1.54, 1.807) is 0 Å². The maximum absolute atomic E-state index is 12.2. The van der Waals surface area contributed by atoms with Gasteiger partial charge in [-0.3, -0.25) is 4.79 Å². The Bertz CT molecular complexity index is 487. The minimum absolute atomic E-state index is 0.0161. The Labute approximate surface area is 135 Å². The van der Waals surface area contributed by atoms with Gasteiger partial charge in [0.05, 0.1) is 22.9 Å². The normalized spacial score (nSPS) is 25.6. The lowest BCUT2D eigenvalue weighted by molar-refractivity contribution is -0.121. The Morgan fingerprint density at radius 1 is 1.43 bits per heavy atom. The van der Waals surface area contributed by atoms with Gasteiger partial charge in [0.1, 0.15) is 0 Å². The summed E-state index contributed by atoms with van der Waals surface area (Å²) in [4.78, 5) is 13.1. The summed E-state index contributed by atoms with van der Waals surface area (Å²) in [7, 11) is 0. The highest BCUT2D eigenvalue weighted by molar-refractivity contribution is 8.00. The monoisotopic (exact) mass is 327 g/mol. The zero-order valence-electron chi connectivity index (χ0n) is 12.3. The summed E-state index contributed by atoms with van der Waals surface area (Å²) in [5.74, 6) is 0.962. The number of nitrogens with one attached hydrogen (secondary N) is 1. The number of carbonyl (C=O) groups excluding carboxylic acids is 1. The van der Waals surface area contributed by atoms with Crippen molar-refractivity contribution in [3.8, 4) is 0 Å². The van der Waals surface area contributed by atoms with Crippen LogP contribution in [-0.4, -0.2) is 28.9 Å². The molecule has 0 bridgehead atoms. The molecule has 3 nitrogen and oxygen atoms in total. The molecule has 1 fully saturated rings. The highest BCUT2D eigenvalue weighted by Gasteiger charge is 2.34. The van der Waals surface area contributed by atoms with Crippen molar-refractivity contribution < 1.29 is 9.90 Å². The lowest BCUT2D eigenvalue weighted by Crippen LogP contribution is -2.53. The molecule has 0 aliphatic heterocycles. The van der Waals surface area contributed by atoms with Crippen molar-refractivity contribution in [2.75, 3.05) is 12.4 Å². The molecule has 0 radical (unpaired) electrons. The van der Waals surface area contributed by atoms with E-state index >= 15 is 0 Å². The largest absolute Gasteiger partial charge is 0.394 e. The molecule has 1 amide bonds. The second-order valence-electron chi connectivity index (χ2n) is 5.89. The molecule has 0 heterocycles. The van der Waals surface area contributed by atoms with Crippen LogP contribution in [-0.2, 0) is 4.79 Å². The molecule has 0 atom stereocenters. The van der Waals surface area contributed by atoms with Gasteiger partial charge in [0.15, 0.2) is 0 Å². The van der Waals surface area contributed by atoms with Crippen LogP contribution in [0.5, 0.6) is 0 Å². The lowest BCUT2D eigenvalue weighted by Gasteiger charge is -2.38. The second-order valence-corrected chi connectivity index (χ2v) is 7.31. The van der Waals surface area contributed by atoms with E-state index in [0.29, 0.717) is 16.7 Å². The molecule has 1 saturated carbocycles. The molecule has 1 aliphatic carbocycles. The molecule has 1 aromatic rings. The number of rotatable bonds is 5. The Hall–Kier alpha value is -0.710. The number of aliphatic hydroxyl groups is 1. The van der Waals surface area contributed by atoms with E-state index in [-0.39, 0.29) is 12.5 Å². The van der Waals surface area contributed by atoms with Crippen molar-refractivity contribution in [1.82, 2.24) is 5.32 Å². The third-order valence-electron chi connectivity index (χ3n) is 4.13. The summed E-state index contributed by atoms with van der Waals surface area (Å²) < 4.78 is 0. The summed E-state index contributed by atoms with van der Waals surface area (Å²) in [6, 6.07) is 7.50. The summed E-state index contributed by atoms with van der Waals surface area (Å²) in [6.07, 6.45) is 3.82. The lowest BCUT2D eigenvalue weighted by atomic mass is 9.77. The van der Waals surface area contributed by atoms with Crippen molar-refractivity contribution in [2.24, 2.45) is 5.92 Å². The zero-order chi connectivity index (χ0) is 15.3. The van der Waals surface area contributed by atoms with Crippen molar-refractivity contribution in [2.45, 2.75) is 43.0 Å². The van der Waals surface area contributed by atoms with Crippen LogP contribution in [0.3, 0.4) is 0 Å². The molecule has 1 aliphatic rings. The van der Waals surface area contributed by atoms with Crippen LogP contribution in [0.1, 0.15) is 32.6 Å². The van der Waals surface area contributed by atoms with E-state index in [9.17, 15) is 9.90 Å². The molecular formula is C16H22ClNO2S. The first-order valence-corrected chi connectivity index (χ1v) is 8.70. The molecule has 0 saturated heterocycles. The van der Waals surface area contributed by atoms with Crippen molar-refractivity contribution in [3.63, 3.8) is 0 Å². The molecule has 0 unspecified atom stereocenters. The van der Waals surface area contributed by atoms with Gasteiger partial charge in [-0.15, -0.1) is 11.8 Å². The summed E-state index contributed by atoms with van der Waals surface area (Å²) in [5.41, 5.74) is -0.426. The number of halogens is 1. The summed E-state index contributed by atoms with van der Waals surface area (Å²) >= 11 is 7.51. The third-order valence-corrected chi connectivity index (χ3v) is 5.65. The third kappa shape index (κ3) is 4.63. The summed E-state index contributed by atoms with van der Waals surface area (Å²) in [5, 5.41) is 13.4. The van der Waals surface area contributed by atoms with Crippen LogP contribution in [0.15, 0.2) is 29.2 Å². The zero-order valence-corrected chi connectivity index (χ0v) is 13.8. The number of amides is 1. The number of aliphatic hydroxyl groups excluding tert-OH is 1. The van der Waals surface area contributed by atoms with E-state index in [1.807, 2.05) is 24.3 Å². The van der Waals surface area contributed by atoms with Gasteiger partial charge in [-0.2, -0.15) is 0 Å².